The van der Waals surface area contributed by atoms with Crippen LogP contribution in [0.2, 0.25) is 0 Å². The van der Waals surface area contributed by atoms with E-state index >= 15 is 0 Å². The molecule has 0 spiro atoms. The molecule has 2 aliphatic heterocycles. The fraction of sp³-hybridized carbons (Fsp3) is 0.269. The molecule has 34 heavy (non-hydrogen) atoms. The van der Waals surface area contributed by atoms with Gasteiger partial charge in [0.25, 0.3) is 5.91 Å². The molecule has 3 fully saturated rings. The Bertz CT molecular complexity index is 1250. The van der Waals surface area contributed by atoms with Crippen LogP contribution in [0.25, 0.3) is 11.1 Å². The van der Waals surface area contributed by atoms with Crippen molar-refractivity contribution in [1.29, 1.82) is 0 Å². The van der Waals surface area contributed by atoms with Gasteiger partial charge in [0, 0.05) is 30.6 Å². The lowest BCUT2D eigenvalue weighted by molar-refractivity contribution is -0.129. The van der Waals surface area contributed by atoms with E-state index in [0.29, 0.717) is 13.1 Å². The van der Waals surface area contributed by atoms with Crippen LogP contribution < -0.4 is 5.32 Å². The molecule has 2 saturated heterocycles. The summed E-state index contributed by atoms with van der Waals surface area (Å²) < 4.78 is 0. The fourth-order valence-corrected chi connectivity index (χ4v) is 5.74. The molecule has 1 N–H and O–H groups in total. The standard InChI is InChI=1S/C26H24N4O3S/c31-24-23-15-28(25(32)27-21-9-5-4-8-19(21)18-10-13-34-16-18)11-12-29(23)26(33)30(24)22-14-20(22)17-6-2-1-3-7-17/h1-10,13,16,20,22-23H,11-12,14-15H2,(H,27,32)/t20-,22+,23?/m0/s1. The zero-order valence-corrected chi connectivity index (χ0v) is 19.3. The van der Waals surface area contributed by atoms with Crippen molar-refractivity contribution >= 4 is 35.0 Å². The number of imide groups is 1. The molecule has 8 heteroatoms. The molecule has 1 saturated carbocycles. The largest absolute Gasteiger partial charge is 0.327 e. The van der Waals surface area contributed by atoms with Gasteiger partial charge >= 0.3 is 12.1 Å². The molecule has 6 rings (SSSR count). The summed E-state index contributed by atoms with van der Waals surface area (Å²) in [6.07, 6.45) is 0.797. The molecule has 5 amide bonds. The van der Waals surface area contributed by atoms with Crippen LogP contribution in [0.5, 0.6) is 0 Å². The highest BCUT2D eigenvalue weighted by Gasteiger charge is 2.56. The third kappa shape index (κ3) is 3.54. The third-order valence-corrected chi connectivity index (χ3v) is 7.64. The van der Waals surface area contributed by atoms with E-state index < -0.39 is 6.04 Å². The summed E-state index contributed by atoms with van der Waals surface area (Å²) in [5.41, 5.74) is 3.89. The van der Waals surface area contributed by atoms with Crippen molar-refractivity contribution in [2.24, 2.45) is 0 Å². The second kappa shape index (κ2) is 8.29. The van der Waals surface area contributed by atoms with Crippen LogP contribution in [0.15, 0.2) is 71.4 Å². The second-order valence-corrected chi connectivity index (χ2v) is 9.73. The molecule has 1 aromatic heterocycles. The first-order valence-corrected chi connectivity index (χ1v) is 12.4. The molecule has 2 aromatic carbocycles. The summed E-state index contributed by atoms with van der Waals surface area (Å²) in [6.45, 7) is 0.951. The Morgan fingerprint density at radius 2 is 1.76 bits per heavy atom. The molecular weight excluding hydrogens is 448 g/mol. The van der Waals surface area contributed by atoms with Crippen LogP contribution in [0.1, 0.15) is 17.9 Å². The number of fused-ring (bicyclic) bond motifs is 1. The highest BCUT2D eigenvalue weighted by Crippen LogP contribution is 2.46. The summed E-state index contributed by atoms with van der Waals surface area (Å²) in [5, 5.41) is 7.06. The lowest BCUT2D eigenvalue weighted by atomic mass is 10.1. The average Bonchev–Trinajstić information content (AvgIpc) is 3.36. The van der Waals surface area contributed by atoms with Crippen LogP contribution >= 0.6 is 11.3 Å². The van der Waals surface area contributed by atoms with Crippen molar-refractivity contribution in [2.45, 2.75) is 24.4 Å². The van der Waals surface area contributed by atoms with Crippen LogP contribution in [0.4, 0.5) is 15.3 Å². The van der Waals surface area contributed by atoms with Gasteiger partial charge in [0.05, 0.1) is 12.2 Å². The lowest BCUT2D eigenvalue weighted by Gasteiger charge is -2.35. The molecule has 172 valence electrons. The number of hydrogen-bond donors (Lipinski definition) is 1. The van der Waals surface area contributed by atoms with E-state index in [1.807, 2.05) is 71.4 Å². The molecule has 3 atom stereocenters. The van der Waals surface area contributed by atoms with E-state index in [0.717, 1.165) is 28.8 Å². The zero-order chi connectivity index (χ0) is 23.2. The number of nitrogens with zero attached hydrogens (tertiary/aromatic N) is 3. The Labute approximate surface area is 201 Å². The maximum atomic E-state index is 13.3. The van der Waals surface area contributed by atoms with Crippen molar-refractivity contribution in [3.63, 3.8) is 0 Å². The summed E-state index contributed by atoms with van der Waals surface area (Å²) in [7, 11) is 0. The SMILES string of the molecule is O=C(Nc1ccccc1-c1ccsc1)N1CCN2C(=O)N([C@@H]3C[C@H]3c3ccccc3)C(=O)C2C1. The van der Waals surface area contributed by atoms with E-state index in [1.165, 1.54) is 4.90 Å². The molecule has 7 nitrogen and oxygen atoms in total. The first-order chi connectivity index (χ1) is 16.6. The number of hydrogen-bond acceptors (Lipinski definition) is 4. The monoisotopic (exact) mass is 472 g/mol. The van der Waals surface area contributed by atoms with E-state index in [4.69, 9.17) is 0 Å². The van der Waals surface area contributed by atoms with E-state index in [9.17, 15) is 14.4 Å². The van der Waals surface area contributed by atoms with Gasteiger partial charge in [-0.3, -0.25) is 9.69 Å². The quantitative estimate of drug-likeness (QED) is 0.570. The number of nitrogens with one attached hydrogen (secondary N) is 1. The molecule has 3 aliphatic rings. The van der Waals surface area contributed by atoms with Crippen molar-refractivity contribution < 1.29 is 14.4 Å². The number of carbonyl (C=O) groups is 3. The van der Waals surface area contributed by atoms with E-state index in [2.05, 4.69) is 5.32 Å². The van der Waals surface area contributed by atoms with Crippen molar-refractivity contribution in [2.75, 3.05) is 25.0 Å². The number of anilines is 1. The van der Waals surface area contributed by atoms with Gasteiger partial charge in [-0.2, -0.15) is 11.3 Å². The first-order valence-electron chi connectivity index (χ1n) is 11.5. The van der Waals surface area contributed by atoms with Crippen molar-refractivity contribution in [1.82, 2.24) is 14.7 Å². The number of urea groups is 2. The third-order valence-electron chi connectivity index (χ3n) is 6.96. The van der Waals surface area contributed by atoms with Gasteiger partial charge < -0.3 is 15.1 Å². The smallest absolute Gasteiger partial charge is 0.320 e. The fourth-order valence-electron chi connectivity index (χ4n) is 5.09. The summed E-state index contributed by atoms with van der Waals surface area (Å²) >= 11 is 1.60. The normalized spacial score (nSPS) is 23.8. The minimum atomic E-state index is -0.615. The number of benzene rings is 2. The maximum Gasteiger partial charge on any atom is 0.327 e. The maximum absolute atomic E-state index is 13.3. The summed E-state index contributed by atoms with van der Waals surface area (Å²) in [6, 6.07) is 18.5. The number of para-hydroxylation sites is 1. The van der Waals surface area contributed by atoms with Gasteiger partial charge in [0.1, 0.15) is 6.04 Å². The molecule has 1 unspecified atom stereocenters. The number of thiophene rings is 1. The zero-order valence-electron chi connectivity index (χ0n) is 18.5. The Balaban J connectivity index is 1.15. The molecule has 0 radical (unpaired) electrons. The van der Waals surface area contributed by atoms with Gasteiger partial charge in [-0.25, -0.2) is 9.59 Å². The molecule has 3 heterocycles. The Hall–Kier alpha value is -3.65. The highest BCUT2D eigenvalue weighted by atomic mass is 32.1. The summed E-state index contributed by atoms with van der Waals surface area (Å²) in [4.78, 5) is 44.1. The predicted molar refractivity (Wildman–Crippen MR) is 131 cm³/mol. The number of piperazine rings is 1. The van der Waals surface area contributed by atoms with Crippen LogP contribution in [-0.4, -0.2) is 64.4 Å². The van der Waals surface area contributed by atoms with Crippen molar-refractivity contribution in [3.05, 3.63) is 77.0 Å². The lowest BCUT2D eigenvalue weighted by Crippen LogP contribution is -2.55. The van der Waals surface area contributed by atoms with Crippen LogP contribution in [0, 0.1) is 0 Å². The average molecular weight is 473 g/mol. The Kier molecular flexibility index (Phi) is 5.10. The van der Waals surface area contributed by atoms with Gasteiger partial charge in [0.2, 0.25) is 0 Å². The first kappa shape index (κ1) is 20.9. The number of rotatable bonds is 4. The van der Waals surface area contributed by atoms with Gasteiger partial charge in [0.15, 0.2) is 0 Å². The number of carbonyl (C=O) groups excluding carboxylic acids is 3. The minimum absolute atomic E-state index is 0.0900. The van der Waals surface area contributed by atoms with Gasteiger partial charge in [-0.05, 0) is 40.4 Å². The highest BCUT2D eigenvalue weighted by molar-refractivity contribution is 7.08. The minimum Gasteiger partial charge on any atom is -0.320 e. The second-order valence-electron chi connectivity index (χ2n) is 8.95. The van der Waals surface area contributed by atoms with E-state index in [1.54, 1.807) is 21.1 Å². The number of amides is 5. The molecular formula is C26H24N4O3S. The predicted octanol–water partition coefficient (Wildman–Crippen LogP) is 4.45. The molecule has 1 aliphatic carbocycles. The van der Waals surface area contributed by atoms with Gasteiger partial charge in [-0.1, -0.05) is 48.5 Å². The van der Waals surface area contributed by atoms with Gasteiger partial charge in [-0.15, -0.1) is 0 Å². The Morgan fingerprint density at radius 1 is 0.971 bits per heavy atom. The van der Waals surface area contributed by atoms with Crippen molar-refractivity contribution in [3.8, 4) is 11.1 Å². The summed E-state index contributed by atoms with van der Waals surface area (Å²) in [5.74, 6) is 0.00747. The van der Waals surface area contributed by atoms with Crippen LogP contribution in [0.3, 0.4) is 0 Å². The Morgan fingerprint density at radius 3 is 2.56 bits per heavy atom. The van der Waals surface area contributed by atoms with E-state index in [-0.39, 0.29) is 36.5 Å². The van der Waals surface area contributed by atoms with Crippen LogP contribution in [-0.2, 0) is 4.79 Å². The topological polar surface area (TPSA) is 73.0 Å². The molecule has 3 aromatic rings. The molecule has 0 bridgehead atoms.